The molecule has 1 amide bonds. The summed E-state index contributed by atoms with van der Waals surface area (Å²) in [6, 6.07) is 12.7. The van der Waals surface area contributed by atoms with Crippen molar-refractivity contribution >= 4 is 60.8 Å². The molecular weight excluding hydrogens is 468 g/mol. The van der Waals surface area contributed by atoms with E-state index < -0.39 is 0 Å². The van der Waals surface area contributed by atoms with E-state index in [0.717, 1.165) is 33.2 Å². The minimum atomic E-state index is -0.282. The van der Waals surface area contributed by atoms with Gasteiger partial charge in [0.15, 0.2) is 5.11 Å². The van der Waals surface area contributed by atoms with Crippen LogP contribution < -0.4 is 15.4 Å². The first-order valence-corrected chi connectivity index (χ1v) is 9.79. The summed E-state index contributed by atoms with van der Waals surface area (Å²) in [7, 11) is 0. The van der Waals surface area contributed by atoms with Gasteiger partial charge in [-0.1, -0.05) is 29.3 Å². The molecule has 25 heavy (non-hydrogen) atoms. The number of ether oxygens (including phenoxy) is 1. The molecule has 0 unspecified atom stereocenters. The number of carbonyl (C=O) groups excluding carboxylic acids is 1. The Morgan fingerprint density at radius 1 is 1.16 bits per heavy atom. The van der Waals surface area contributed by atoms with Crippen molar-refractivity contribution in [3.05, 3.63) is 57.0 Å². The predicted molar refractivity (Wildman–Crippen MR) is 112 cm³/mol. The van der Waals surface area contributed by atoms with Crippen molar-refractivity contribution in [3.63, 3.8) is 0 Å². The summed E-state index contributed by atoms with van der Waals surface area (Å²) in [5.41, 5.74) is 1.30. The highest BCUT2D eigenvalue weighted by molar-refractivity contribution is 9.10. The first-order valence-electron chi connectivity index (χ1n) is 7.80. The molecule has 2 aromatic rings. The molecule has 132 valence electrons. The normalized spacial score (nSPS) is 10.2. The highest BCUT2D eigenvalue weighted by atomic mass is 79.9. The summed E-state index contributed by atoms with van der Waals surface area (Å²) in [4.78, 5) is 12.3. The summed E-state index contributed by atoms with van der Waals surface area (Å²) in [5.74, 6) is 0.441. The lowest BCUT2D eigenvalue weighted by molar-refractivity contribution is 0.0977. The first-order chi connectivity index (χ1) is 12.0. The van der Waals surface area contributed by atoms with Crippen LogP contribution in [0.4, 0.5) is 5.69 Å². The summed E-state index contributed by atoms with van der Waals surface area (Å²) >= 11 is 12.0. The molecule has 7 heteroatoms. The number of rotatable bonds is 6. The number of nitrogens with one attached hydrogen (secondary N) is 2. The molecule has 4 nitrogen and oxygen atoms in total. The molecule has 0 fully saturated rings. The Balaban J connectivity index is 1.94. The van der Waals surface area contributed by atoms with E-state index in [-0.39, 0.29) is 11.0 Å². The summed E-state index contributed by atoms with van der Waals surface area (Å²) < 4.78 is 7.37. The number of hydrogen-bond acceptors (Lipinski definition) is 3. The Hall–Kier alpha value is -1.44. The number of carbonyl (C=O) groups is 1. The maximum Gasteiger partial charge on any atom is 0.257 e. The Morgan fingerprint density at radius 3 is 2.52 bits per heavy atom. The standard InChI is InChI=1S/C18H18Br2N2O2S/c1-2-3-10-24-16-9-4-12(11-15(16)20)17(23)22-18(25)21-14-7-5-13(19)6-8-14/h4-9,11H,2-3,10H2,1H3,(H2,21,22,23,25). The van der Waals surface area contributed by atoms with Gasteiger partial charge in [0, 0.05) is 15.7 Å². The van der Waals surface area contributed by atoms with Crippen molar-refractivity contribution in [3.8, 4) is 5.75 Å². The van der Waals surface area contributed by atoms with Gasteiger partial charge in [-0.2, -0.15) is 0 Å². The second kappa shape index (κ2) is 9.89. The summed E-state index contributed by atoms with van der Waals surface area (Å²) in [5, 5.41) is 5.88. The maximum absolute atomic E-state index is 12.3. The number of benzene rings is 2. The largest absolute Gasteiger partial charge is 0.492 e. The number of halogens is 2. The molecule has 0 aliphatic rings. The minimum Gasteiger partial charge on any atom is -0.492 e. The zero-order valence-electron chi connectivity index (χ0n) is 13.6. The van der Waals surface area contributed by atoms with Gasteiger partial charge < -0.3 is 10.1 Å². The van der Waals surface area contributed by atoms with E-state index in [1.165, 1.54) is 0 Å². The first kappa shape index (κ1) is 19.9. The van der Waals surface area contributed by atoms with Crippen LogP contribution in [-0.4, -0.2) is 17.6 Å². The van der Waals surface area contributed by atoms with Crippen molar-refractivity contribution in [1.29, 1.82) is 0 Å². The molecular formula is C18H18Br2N2O2S. The van der Waals surface area contributed by atoms with Crippen LogP contribution in [0, 0.1) is 0 Å². The van der Waals surface area contributed by atoms with Gasteiger partial charge in [-0.3, -0.25) is 10.1 Å². The van der Waals surface area contributed by atoms with Gasteiger partial charge in [-0.15, -0.1) is 0 Å². The minimum absolute atomic E-state index is 0.242. The van der Waals surface area contributed by atoms with Crippen LogP contribution in [0.1, 0.15) is 30.1 Å². The average molecular weight is 486 g/mol. The van der Waals surface area contributed by atoms with Crippen LogP contribution in [0.5, 0.6) is 5.75 Å². The highest BCUT2D eigenvalue weighted by Crippen LogP contribution is 2.26. The van der Waals surface area contributed by atoms with E-state index in [4.69, 9.17) is 17.0 Å². The molecule has 0 aliphatic carbocycles. The van der Waals surface area contributed by atoms with Crippen LogP contribution in [0.3, 0.4) is 0 Å². The van der Waals surface area contributed by atoms with E-state index in [1.54, 1.807) is 18.2 Å². The summed E-state index contributed by atoms with van der Waals surface area (Å²) in [6.07, 6.45) is 2.06. The zero-order valence-corrected chi connectivity index (χ0v) is 17.6. The van der Waals surface area contributed by atoms with E-state index in [2.05, 4.69) is 49.4 Å². The number of hydrogen-bond donors (Lipinski definition) is 2. The molecule has 2 aromatic carbocycles. The second-order valence-electron chi connectivity index (χ2n) is 5.26. The number of anilines is 1. The van der Waals surface area contributed by atoms with E-state index in [1.807, 2.05) is 24.3 Å². The number of thiocarbonyl (C=S) groups is 1. The lowest BCUT2D eigenvalue weighted by Gasteiger charge is -2.11. The third kappa shape index (κ3) is 6.41. The molecule has 0 aromatic heterocycles. The number of unbranched alkanes of at least 4 members (excludes halogenated alkanes) is 1. The van der Waals surface area contributed by atoms with E-state index >= 15 is 0 Å². The fourth-order valence-electron chi connectivity index (χ4n) is 1.96. The Bertz CT molecular complexity index is 751. The maximum atomic E-state index is 12.3. The van der Waals surface area contributed by atoms with Crippen LogP contribution in [0.15, 0.2) is 51.4 Å². The molecule has 0 saturated heterocycles. The van der Waals surface area contributed by atoms with Crippen molar-refractivity contribution in [2.24, 2.45) is 0 Å². The Labute approximate surface area is 169 Å². The fourth-order valence-corrected chi connectivity index (χ4v) is 2.92. The molecule has 0 radical (unpaired) electrons. The van der Waals surface area contributed by atoms with Gasteiger partial charge in [0.2, 0.25) is 0 Å². The van der Waals surface area contributed by atoms with Crippen LogP contribution in [-0.2, 0) is 0 Å². The third-order valence-electron chi connectivity index (χ3n) is 3.28. The second-order valence-corrected chi connectivity index (χ2v) is 7.44. The van der Waals surface area contributed by atoms with Gasteiger partial charge in [0.25, 0.3) is 5.91 Å². The lowest BCUT2D eigenvalue weighted by Crippen LogP contribution is -2.34. The zero-order chi connectivity index (χ0) is 18.2. The fraction of sp³-hybridized carbons (Fsp3) is 0.222. The third-order valence-corrected chi connectivity index (χ3v) is 4.63. The molecule has 2 N–H and O–H groups in total. The predicted octanol–water partition coefficient (Wildman–Crippen LogP) is 5.52. The summed E-state index contributed by atoms with van der Waals surface area (Å²) in [6.45, 7) is 2.76. The monoisotopic (exact) mass is 484 g/mol. The van der Waals surface area contributed by atoms with E-state index in [0.29, 0.717) is 12.2 Å². The highest BCUT2D eigenvalue weighted by Gasteiger charge is 2.11. The molecule has 0 aliphatic heterocycles. The molecule has 2 rings (SSSR count). The van der Waals surface area contributed by atoms with Crippen LogP contribution in [0.2, 0.25) is 0 Å². The topological polar surface area (TPSA) is 50.4 Å². The van der Waals surface area contributed by atoms with E-state index in [9.17, 15) is 4.79 Å². The van der Waals surface area contributed by atoms with Gasteiger partial charge in [-0.25, -0.2) is 0 Å². The van der Waals surface area contributed by atoms with Crippen molar-refractivity contribution in [2.45, 2.75) is 19.8 Å². The SMILES string of the molecule is CCCCOc1ccc(C(=O)NC(=S)Nc2ccc(Br)cc2)cc1Br. The van der Waals surface area contributed by atoms with Crippen LogP contribution >= 0.6 is 44.1 Å². The molecule has 0 atom stereocenters. The van der Waals surface area contributed by atoms with Crippen molar-refractivity contribution in [2.75, 3.05) is 11.9 Å². The molecule has 0 spiro atoms. The smallest absolute Gasteiger partial charge is 0.257 e. The van der Waals surface area contributed by atoms with Gasteiger partial charge in [-0.05, 0) is 77.0 Å². The lowest BCUT2D eigenvalue weighted by atomic mass is 10.2. The average Bonchev–Trinajstić information content (AvgIpc) is 2.58. The number of amides is 1. The molecule has 0 heterocycles. The van der Waals surface area contributed by atoms with Gasteiger partial charge in [0.05, 0.1) is 11.1 Å². The molecule has 0 bridgehead atoms. The van der Waals surface area contributed by atoms with Gasteiger partial charge >= 0.3 is 0 Å². The quantitative estimate of drug-likeness (QED) is 0.418. The molecule has 0 saturated carbocycles. The Morgan fingerprint density at radius 2 is 1.88 bits per heavy atom. The van der Waals surface area contributed by atoms with Crippen LogP contribution in [0.25, 0.3) is 0 Å². The Kier molecular flexibility index (Phi) is 7.87. The van der Waals surface area contributed by atoms with Crippen molar-refractivity contribution < 1.29 is 9.53 Å². The van der Waals surface area contributed by atoms with Crippen molar-refractivity contribution in [1.82, 2.24) is 5.32 Å². The van der Waals surface area contributed by atoms with Gasteiger partial charge in [0.1, 0.15) is 5.75 Å².